The van der Waals surface area contributed by atoms with Crippen LogP contribution >= 0.6 is 0 Å². The van der Waals surface area contributed by atoms with Crippen molar-refractivity contribution in [2.45, 2.75) is 27.2 Å². The predicted octanol–water partition coefficient (Wildman–Crippen LogP) is 2.45. The second kappa shape index (κ2) is 7.29. The van der Waals surface area contributed by atoms with Gasteiger partial charge in [0.05, 0.1) is 6.42 Å². The summed E-state index contributed by atoms with van der Waals surface area (Å²) in [6, 6.07) is 4.32. The molecule has 4 heteroatoms. The molecule has 20 heavy (non-hydrogen) atoms. The van der Waals surface area contributed by atoms with Gasteiger partial charge in [-0.3, -0.25) is 4.79 Å². The molecule has 0 aliphatic heterocycles. The number of hydrogen-bond acceptors (Lipinski definition) is 3. The lowest BCUT2D eigenvalue weighted by Gasteiger charge is -2.29. The monoisotopic (exact) mass is 278 g/mol. The van der Waals surface area contributed by atoms with E-state index in [1.807, 2.05) is 14.1 Å². The molecule has 1 rings (SSSR count). The molecule has 0 saturated carbocycles. The normalized spacial score (nSPS) is 10.9. The number of aryl methyl sites for hydroxylation is 3. The molecular formula is C16H26N2O2. The first kappa shape index (κ1) is 16.5. The lowest BCUT2D eigenvalue weighted by molar-refractivity contribution is -0.136. The molecule has 4 nitrogen and oxygen atoms in total. The van der Waals surface area contributed by atoms with Gasteiger partial charge in [0.15, 0.2) is 0 Å². The summed E-state index contributed by atoms with van der Waals surface area (Å²) in [5, 5.41) is 8.93. The molecule has 0 amide bonds. The highest BCUT2D eigenvalue weighted by molar-refractivity contribution is 5.68. The van der Waals surface area contributed by atoms with E-state index in [2.05, 4.69) is 42.7 Å². The fourth-order valence-corrected chi connectivity index (χ4v) is 2.56. The minimum atomic E-state index is -0.748. The van der Waals surface area contributed by atoms with Crippen molar-refractivity contribution in [1.29, 1.82) is 0 Å². The van der Waals surface area contributed by atoms with Crippen LogP contribution in [0.5, 0.6) is 0 Å². The number of likely N-dealkylation sites (N-methyl/N-ethyl adjacent to an activating group) is 1. The van der Waals surface area contributed by atoms with E-state index in [4.69, 9.17) is 5.11 Å². The molecule has 0 heterocycles. The Bertz CT molecular complexity index is 447. The van der Waals surface area contributed by atoms with Gasteiger partial charge in [0.25, 0.3) is 0 Å². The van der Waals surface area contributed by atoms with Gasteiger partial charge < -0.3 is 14.9 Å². The van der Waals surface area contributed by atoms with Crippen molar-refractivity contribution in [1.82, 2.24) is 4.90 Å². The summed E-state index contributed by atoms with van der Waals surface area (Å²) >= 11 is 0. The molecule has 0 bridgehead atoms. The Morgan fingerprint density at radius 2 is 1.60 bits per heavy atom. The summed E-state index contributed by atoms with van der Waals surface area (Å²) < 4.78 is 0. The smallest absolute Gasteiger partial charge is 0.305 e. The Balaban J connectivity index is 2.99. The van der Waals surface area contributed by atoms with Crippen LogP contribution in [0.25, 0.3) is 0 Å². The van der Waals surface area contributed by atoms with Gasteiger partial charge in [-0.15, -0.1) is 0 Å². The standard InChI is InChI=1S/C16H26N2O2/c1-12-10-13(2)16(14(3)11-12)18(7-6-15(19)20)9-8-17(4)5/h10-11H,6-9H2,1-5H3,(H,19,20). The van der Waals surface area contributed by atoms with Crippen LogP contribution in [0.1, 0.15) is 23.1 Å². The van der Waals surface area contributed by atoms with Crippen molar-refractivity contribution < 1.29 is 9.90 Å². The highest BCUT2D eigenvalue weighted by Gasteiger charge is 2.14. The van der Waals surface area contributed by atoms with Crippen molar-refractivity contribution in [2.75, 3.05) is 38.6 Å². The summed E-state index contributed by atoms with van der Waals surface area (Å²) in [7, 11) is 4.06. The lowest BCUT2D eigenvalue weighted by atomic mass is 10.0. The average molecular weight is 278 g/mol. The van der Waals surface area contributed by atoms with Crippen LogP contribution in [0.4, 0.5) is 5.69 Å². The van der Waals surface area contributed by atoms with Gasteiger partial charge in [-0.05, 0) is 46.0 Å². The van der Waals surface area contributed by atoms with Crippen LogP contribution < -0.4 is 4.90 Å². The largest absolute Gasteiger partial charge is 0.481 e. The quantitative estimate of drug-likeness (QED) is 0.832. The molecule has 0 aliphatic carbocycles. The third-order valence-electron chi connectivity index (χ3n) is 3.36. The number of nitrogens with zero attached hydrogens (tertiary/aromatic N) is 2. The third kappa shape index (κ3) is 4.85. The zero-order valence-electron chi connectivity index (χ0n) is 13.2. The van der Waals surface area contributed by atoms with Crippen molar-refractivity contribution in [3.8, 4) is 0 Å². The van der Waals surface area contributed by atoms with Gasteiger partial charge in [0, 0.05) is 25.3 Å². The second-order valence-electron chi connectivity index (χ2n) is 5.68. The minimum absolute atomic E-state index is 0.167. The molecule has 1 aromatic rings. The van der Waals surface area contributed by atoms with Crippen LogP contribution in [-0.4, -0.2) is 49.7 Å². The number of carbonyl (C=O) groups is 1. The Labute approximate surface area is 122 Å². The van der Waals surface area contributed by atoms with Crippen molar-refractivity contribution in [3.63, 3.8) is 0 Å². The molecule has 0 spiro atoms. The SMILES string of the molecule is Cc1cc(C)c(N(CCC(=O)O)CCN(C)C)c(C)c1. The maximum absolute atomic E-state index is 10.9. The molecule has 0 radical (unpaired) electrons. The number of hydrogen-bond donors (Lipinski definition) is 1. The fraction of sp³-hybridized carbons (Fsp3) is 0.562. The number of carboxylic acid groups (broad SMARTS) is 1. The maximum Gasteiger partial charge on any atom is 0.305 e. The van der Waals surface area contributed by atoms with E-state index in [1.165, 1.54) is 22.4 Å². The van der Waals surface area contributed by atoms with Gasteiger partial charge in [-0.25, -0.2) is 0 Å². The molecule has 1 N–H and O–H groups in total. The van der Waals surface area contributed by atoms with Gasteiger partial charge in [-0.1, -0.05) is 17.7 Å². The minimum Gasteiger partial charge on any atom is -0.481 e. The number of rotatable bonds is 7. The van der Waals surface area contributed by atoms with Crippen LogP contribution in [0.15, 0.2) is 12.1 Å². The fourth-order valence-electron chi connectivity index (χ4n) is 2.56. The van der Waals surface area contributed by atoms with Crippen LogP contribution in [-0.2, 0) is 4.79 Å². The van der Waals surface area contributed by atoms with Gasteiger partial charge in [-0.2, -0.15) is 0 Å². The third-order valence-corrected chi connectivity index (χ3v) is 3.36. The Morgan fingerprint density at radius 3 is 2.05 bits per heavy atom. The summed E-state index contributed by atoms with van der Waals surface area (Å²) in [5.74, 6) is -0.748. The van der Waals surface area contributed by atoms with E-state index < -0.39 is 5.97 Å². The van der Waals surface area contributed by atoms with E-state index in [1.54, 1.807) is 0 Å². The van der Waals surface area contributed by atoms with Crippen LogP contribution in [0.2, 0.25) is 0 Å². The first-order valence-corrected chi connectivity index (χ1v) is 7.00. The summed E-state index contributed by atoms with van der Waals surface area (Å²) in [4.78, 5) is 15.2. The summed E-state index contributed by atoms with van der Waals surface area (Å²) in [6.45, 7) is 8.58. The topological polar surface area (TPSA) is 43.8 Å². The van der Waals surface area contributed by atoms with Gasteiger partial charge in [0.2, 0.25) is 0 Å². The Kier molecular flexibility index (Phi) is 6.02. The zero-order chi connectivity index (χ0) is 15.3. The molecule has 0 aliphatic rings. The molecule has 0 unspecified atom stereocenters. The van der Waals surface area contributed by atoms with Crippen molar-refractivity contribution in [2.24, 2.45) is 0 Å². The Hall–Kier alpha value is -1.55. The van der Waals surface area contributed by atoms with Crippen LogP contribution in [0.3, 0.4) is 0 Å². The van der Waals surface area contributed by atoms with E-state index >= 15 is 0 Å². The average Bonchev–Trinajstić information content (AvgIpc) is 2.29. The maximum atomic E-state index is 10.9. The first-order chi connectivity index (χ1) is 9.31. The summed E-state index contributed by atoms with van der Waals surface area (Å²) in [5.41, 5.74) is 4.85. The van der Waals surface area contributed by atoms with E-state index in [0.29, 0.717) is 6.54 Å². The lowest BCUT2D eigenvalue weighted by Crippen LogP contribution is -2.34. The molecule has 0 saturated heterocycles. The number of aliphatic carboxylic acids is 1. The van der Waals surface area contributed by atoms with E-state index in [-0.39, 0.29) is 6.42 Å². The zero-order valence-corrected chi connectivity index (χ0v) is 13.2. The molecular weight excluding hydrogens is 252 g/mol. The molecule has 1 aromatic carbocycles. The number of anilines is 1. The molecule has 0 aromatic heterocycles. The van der Waals surface area contributed by atoms with Crippen molar-refractivity contribution >= 4 is 11.7 Å². The van der Waals surface area contributed by atoms with E-state index in [9.17, 15) is 4.79 Å². The second-order valence-corrected chi connectivity index (χ2v) is 5.68. The molecule has 112 valence electrons. The molecule has 0 fully saturated rings. The highest BCUT2D eigenvalue weighted by Crippen LogP contribution is 2.26. The predicted molar refractivity (Wildman–Crippen MR) is 83.7 cm³/mol. The molecule has 0 atom stereocenters. The summed E-state index contributed by atoms with van der Waals surface area (Å²) in [6.07, 6.45) is 0.167. The highest BCUT2D eigenvalue weighted by atomic mass is 16.4. The van der Waals surface area contributed by atoms with Crippen LogP contribution in [0, 0.1) is 20.8 Å². The number of carboxylic acids is 1. The van der Waals surface area contributed by atoms with E-state index in [0.717, 1.165) is 13.1 Å². The number of benzene rings is 1. The van der Waals surface area contributed by atoms with Gasteiger partial charge >= 0.3 is 5.97 Å². The van der Waals surface area contributed by atoms with Gasteiger partial charge in [0.1, 0.15) is 0 Å². The van der Waals surface area contributed by atoms with Crippen molar-refractivity contribution in [3.05, 3.63) is 28.8 Å². The first-order valence-electron chi connectivity index (χ1n) is 7.00. The Morgan fingerprint density at radius 1 is 1.05 bits per heavy atom.